The van der Waals surface area contributed by atoms with Gasteiger partial charge in [0.2, 0.25) is 0 Å². The summed E-state index contributed by atoms with van der Waals surface area (Å²) in [5.41, 5.74) is 1.33. The Hall–Kier alpha value is -0.820. The predicted octanol–water partition coefficient (Wildman–Crippen LogP) is 3.17. The van der Waals surface area contributed by atoms with Gasteiger partial charge in [-0.25, -0.2) is 0 Å². The van der Waals surface area contributed by atoms with Crippen LogP contribution in [0.5, 0.6) is 0 Å². The van der Waals surface area contributed by atoms with Crippen LogP contribution in [0.25, 0.3) is 0 Å². The lowest BCUT2D eigenvalue weighted by molar-refractivity contribution is 0.107. The van der Waals surface area contributed by atoms with Gasteiger partial charge in [0.05, 0.1) is 12.7 Å². The molecule has 1 aliphatic rings. The van der Waals surface area contributed by atoms with Gasteiger partial charge in [0, 0.05) is 0 Å². The second kappa shape index (κ2) is 3.93. The fraction of sp³-hybridized carbons (Fsp3) is 0.500. The lowest BCUT2D eigenvalue weighted by atomic mass is 9.99. The van der Waals surface area contributed by atoms with Gasteiger partial charge in [-0.15, -0.1) is 0 Å². The predicted molar refractivity (Wildman–Crippen MR) is 53.5 cm³/mol. The van der Waals surface area contributed by atoms with Gasteiger partial charge in [0.25, 0.3) is 0 Å². The Morgan fingerprint density at radius 1 is 1.31 bits per heavy atom. The molecule has 0 saturated carbocycles. The SMILES string of the molecule is CC[C@H]1CO[C@@H](c2ccccc2)C1. The summed E-state index contributed by atoms with van der Waals surface area (Å²) in [6, 6.07) is 10.5. The lowest BCUT2D eigenvalue weighted by Crippen LogP contribution is -1.95. The van der Waals surface area contributed by atoms with E-state index in [1.807, 2.05) is 0 Å². The van der Waals surface area contributed by atoms with E-state index in [4.69, 9.17) is 4.74 Å². The summed E-state index contributed by atoms with van der Waals surface area (Å²) in [6.07, 6.45) is 2.79. The van der Waals surface area contributed by atoms with E-state index in [1.165, 1.54) is 18.4 Å². The molecule has 0 radical (unpaired) electrons. The first-order valence-electron chi connectivity index (χ1n) is 5.06. The molecule has 2 atom stereocenters. The van der Waals surface area contributed by atoms with Gasteiger partial charge in [0.1, 0.15) is 0 Å². The van der Waals surface area contributed by atoms with E-state index >= 15 is 0 Å². The quantitative estimate of drug-likeness (QED) is 0.672. The normalized spacial score (nSPS) is 27.8. The summed E-state index contributed by atoms with van der Waals surface area (Å²) in [5.74, 6) is 0.769. The van der Waals surface area contributed by atoms with E-state index in [-0.39, 0.29) is 0 Å². The summed E-state index contributed by atoms with van der Waals surface area (Å²) in [4.78, 5) is 0. The molecule has 0 unspecified atom stereocenters. The molecule has 0 bridgehead atoms. The van der Waals surface area contributed by atoms with Crippen LogP contribution in [0, 0.1) is 5.92 Å². The van der Waals surface area contributed by atoms with Gasteiger partial charge in [-0.3, -0.25) is 0 Å². The van der Waals surface area contributed by atoms with Crippen LogP contribution in [0.15, 0.2) is 30.3 Å². The number of hydrogen-bond acceptors (Lipinski definition) is 1. The number of rotatable bonds is 2. The standard InChI is InChI=1S/C12H16O/c1-2-10-8-12(13-9-10)11-6-4-3-5-7-11/h3-7,10,12H,2,8-9H2,1H3/t10-,12-/m1/s1. The van der Waals surface area contributed by atoms with Crippen LogP contribution < -0.4 is 0 Å². The first kappa shape index (κ1) is 8.76. The molecule has 0 aliphatic carbocycles. The Bertz CT molecular complexity index is 255. The maximum Gasteiger partial charge on any atom is 0.0828 e. The number of ether oxygens (including phenoxy) is 1. The van der Waals surface area contributed by atoms with E-state index in [1.54, 1.807) is 0 Å². The topological polar surface area (TPSA) is 9.23 Å². The average molecular weight is 176 g/mol. The van der Waals surface area contributed by atoms with Crippen LogP contribution in [0.2, 0.25) is 0 Å². The molecule has 1 saturated heterocycles. The highest BCUT2D eigenvalue weighted by atomic mass is 16.5. The fourth-order valence-electron chi connectivity index (χ4n) is 1.88. The maximum absolute atomic E-state index is 5.74. The molecule has 0 N–H and O–H groups in total. The highest BCUT2D eigenvalue weighted by molar-refractivity contribution is 5.18. The van der Waals surface area contributed by atoms with Crippen molar-refractivity contribution in [1.29, 1.82) is 0 Å². The minimum absolute atomic E-state index is 0.353. The molecule has 0 aromatic heterocycles. The summed E-state index contributed by atoms with van der Waals surface area (Å²) in [6.45, 7) is 3.18. The van der Waals surface area contributed by atoms with Gasteiger partial charge in [-0.05, 0) is 17.9 Å². The van der Waals surface area contributed by atoms with Crippen LogP contribution in [0.1, 0.15) is 31.4 Å². The molecule has 0 spiro atoms. The first-order valence-corrected chi connectivity index (χ1v) is 5.06. The Kier molecular flexibility index (Phi) is 2.65. The molecule has 0 amide bonds. The van der Waals surface area contributed by atoms with Crippen molar-refractivity contribution in [2.24, 2.45) is 5.92 Å². The van der Waals surface area contributed by atoms with Crippen LogP contribution in [0.3, 0.4) is 0 Å². The van der Waals surface area contributed by atoms with Crippen LogP contribution in [-0.2, 0) is 4.74 Å². The largest absolute Gasteiger partial charge is 0.373 e. The van der Waals surface area contributed by atoms with E-state index in [2.05, 4.69) is 37.3 Å². The molecule has 1 nitrogen and oxygen atoms in total. The van der Waals surface area contributed by atoms with Crippen LogP contribution in [0.4, 0.5) is 0 Å². The van der Waals surface area contributed by atoms with E-state index in [9.17, 15) is 0 Å². The molecule has 1 aromatic rings. The van der Waals surface area contributed by atoms with Crippen molar-refractivity contribution in [2.45, 2.75) is 25.9 Å². The van der Waals surface area contributed by atoms with Gasteiger partial charge >= 0.3 is 0 Å². The smallest absolute Gasteiger partial charge is 0.0828 e. The number of benzene rings is 1. The number of hydrogen-bond donors (Lipinski definition) is 0. The van der Waals surface area contributed by atoms with Crippen molar-refractivity contribution in [3.63, 3.8) is 0 Å². The van der Waals surface area contributed by atoms with Crippen molar-refractivity contribution in [3.8, 4) is 0 Å². The third-order valence-corrected chi connectivity index (χ3v) is 2.83. The monoisotopic (exact) mass is 176 g/mol. The lowest BCUT2D eigenvalue weighted by Gasteiger charge is -2.08. The second-order valence-corrected chi connectivity index (χ2v) is 3.74. The third-order valence-electron chi connectivity index (χ3n) is 2.83. The summed E-state index contributed by atoms with van der Waals surface area (Å²) >= 11 is 0. The molecule has 1 fully saturated rings. The van der Waals surface area contributed by atoms with E-state index < -0.39 is 0 Å². The van der Waals surface area contributed by atoms with Crippen LogP contribution in [-0.4, -0.2) is 6.61 Å². The molecule has 2 rings (SSSR count). The van der Waals surface area contributed by atoms with Crippen molar-refractivity contribution in [2.75, 3.05) is 6.61 Å². The van der Waals surface area contributed by atoms with Gasteiger partial charge in [-0.1, -0.05) is 43.7 Å². The molecule has 1 heteroatoms. The highest BCUT2D eigenvalue weighted by Gasteiger charge is 2.24. The van der Waals surface area contributed by atoms with E-state index in [0.717, 1.165) is 12.5 Å². The Labute approximate surface area is 79.7 Å². The Morgan fingerprint density at radius 3 is 2.69 bits per heavy atom. The molecule has 1 heterocycles. The highest BCUT2D eigenvalue weighted by Crippen LogP contribution is 2.33. The third kappa shape index (κ3) is 1.92. The van der Waals surface area contributed by atoms with Gasteiger partial charge < -0.3 is 4.74 Å². The van der Waals surface area contributed by atoms with Crippen molar-refractivity contribution < 1.29 is 4.74 Å². The summed E-state index contributed by atoms with van der Waals surface area (Å²) < 4.78 is 5.74. The molecule has 13 heavy (non-hydrogen) atoms. The van der Waals surface area contributed by atoms with Crippen molar-refractivity contribution >= 4 is 0 Å². The first-order chi connectivity index (χ1) is 6.40. The summed E-state index contributed by atoms with van der Waals surface area (Å²) in [5, 5.41) is 0. The zero-order valence-corrected chi connectivity index (χ0v) is 8.07. The minimum atomic E-state index is 0.353. The Balaban J connectivity index is 2.04. The molecule has 70 valence electrons. The maximum atomic E-state index is 5.74. The fourth-order valence-corrected chi connectivity index (χ4v) is 1.88. The molecule has 1 aliphatic heterocycles. The van der Waals surface area contributed by atoms with Gasteiger partial charge in [-0.2, -0.15) is 0 Å². The molecular formula is C12H16O. The average Bonchev–Trinajstić information content (AvgIpc) is 2.67. The molecular weight excluding hydrogens is 160 g/mol. The van der Waals surface area contributed by atoms with Crippen molar-refractivity contribution in [1.82, 2.24) is 0 Å². The zero-order chi connectivity index (χ0) is 9.10. The molecule has 1 aromatic carbocycles. The van der Waals surface area contributed by atoms with Crippen molar-refractivity contribution in [3.05, 3.63) is 35.9 Å². The minimum Gasteiger partial charge on any atom is -0.373 e. The van der Waals surface area contributed by atoms with Crippen LogP contribution >= 0.6 is 0 Å². The second-order valence-electron chi connectivity index (χ2n) is 3.74. The van der Waals surface area contributed by atoms with E-state index in [0.29, 0.717) is 6.10 Å². The zero-order valence-electron chi connectivity index (χ0n) is 8.07. The summed E-state index contributed by atoms with van der Waals surface area (Å²) in [7, 11) is 0. The Morgan fingerprint density at radius 2 is 2.08 bits per heavy atom. The van der Waals surface area contributed by atoms with Gasteiger partial charge in [0.15, 0.2) is 0 Å².